The van der Waals surface area contributed by atoms with Gasteiger partial charge in [-0.25, -0.2) is 0 Å². The van der Waals surface area contributed by atoms with Gasteiger partial charge in [0.15, 0.2) is 11.5 Å². The molecular weight excluding hydrogens is 364 g/mol. The molecule has 0 bridgehead atoms. The maximum Gasteiger partial charge on any atom is 0.246 e. The van der Waals surface area contributed by atoms with Gasteiger partial charge in [0.1, 0.15) is 0 Å². The van der Waals surface area contributed by atoms with Crippen molar-refractivity contribution in [3.05, 3.63) is 65.7 Å². The molecule has 1 aliphatic heterocycles. The fraction of sp³-hybridized carbons (Fsp3) is 0.375. The number of likely N-dealkylation sites (tertiary alicyclic amines) is 1. The molecule has 1 atom stereocenters. The van der Waals surface area contributed by atoms with Gasteiger partial charge in [0.25, 0.3) is 0 Å². The fourth-order valence-electron chi connectivity index (χ4n) is 3.74. The van der Waals surface area contributed by atoms with Crippen molar-refractivity contribution in [1.29, 1.82) is 0 Å². The molecule has 0 spiro atoms. The van der Waals surface area contributed by atoms with E-state index in [1.807, 2.05) is 35.2 Å². The Balaban J connectivity index is 1.60. The van der Waals surface area contributed by atoms with E-state index in [1.165, 1.54) is 5.56 Å². The molecule has 3 rings (SSSR count). The topological polar surface area (TPSA) is 42.0 Å². The Bertz CT molecular complexity index is 835. The lowest BCUT2D eigenvalue weighted by Crippen LogP contribution is -2.47. The standard InChI is InChI=1S/C24H30N2O3/c1-25(17-20-8-5-4-6-9-20)21-10-7-15-26(18-21)24(27)14-12-19-11-13-22(28-2)23(16-19)29-3/h4-6,8-9,11-14,16,21H,7,10,15,17-18H2,1-3H3. The van der Waals surface area contributed by atoms with Crippen molar-refractivity contribution in [2.24, 2.45) is 0 Å². The number of piperidine rings is 1. The van der Waals surface area contributed by atoms with Crippen LogP contribution in [-0.2, 0) is 11.3 Å². The second kappa shape index (κ2) is 10.1. The van der Waals surface area contributed by atoms with E-state index in [2.05, 4.69) is 36.2 Å². The summed E-state index contributed by atoms with van der Waals surface area (Å²) >= 11 is 0. The molecular formula is C24H30N2O3. The molecule has 1 saturated heterocycles. The van der Waals surface area contributed by atoms with Gasteiger partial charge in [-0.05, 0) is 49.2 Å². The minimum absolute atomic E-state index is 0.0533. The van der Waals surface area contributed by atoms with Crippen molar-refractivity contribution >= 4 is 12.0 Å². The maximum atomic E-state index is 12.7. The van der Waals surface area contributed by atoms with Crippen molar-refractivity contribution in [2.45, 2.75) is 25.4 Å². The number of likely N-dealkylation sites (N-methyl/N-ethyl adjacent to an activating group) is 1. The Morgan fingerprint density at radius 3 is 2.62 bits per heavy atom. The maximum absolute atomic E-state index is 12.7. The Kier molecular flexibility index (Phi) is 7.30. The second-order valence-electron chi connectivity index (χ2n) is 7.43. The van der Waals surface area contributed by atoms with Crippen LogP contribution in [0.5, 0.6) is 11.5 Å². The van der Waals surface area contributed by atoms with Gasteiger partial charge in [-0.15, -0.1) is 0 Å². The fourth-order valence-corrected chi connectivity index (χ4v) is 3.74. The van der Waals surface area contributed by atoms with Crippen LogP contribution in [-0.4, -0.2) is 56.1 Å². The van der Waals surface area contributed by atoms with Crippen molar-refractivity contribution in [3.63, 3.8) is 0 Å². The monoisotopic (exact) mass is 394 g/mol. The van der Waals surface area contributed by atoms with Gasteiger partial charge in [-0.2, -0.15) is 0 Å². The van der Waals surface area contributed by atoms with E-state index in [0.29, 0.717) is 17.5 Å². The first-order chi connectivity index (χ1) is 14.1. The molecule has 1 unspecified atom stereocenters. The number of carbonyl (C=O) groups is 1. The number of hydrogen-bond acceptors (Lipinski definition) is 4. The van der Waals surface area contributed by atoms with Crippen LogP contribution in [0.15, 0.2) is 54.6 Å². The summed E-state index contributed by atoms with van der Waals surface area (Å²) in [6, 6.07) is 16.5. The largest absolute Gasteiger partial charge is 0.493 e. The Morgan fingerprint density at radius 1 is 1.14 bits per heavy atom. The van der Waals surface area contributed by atoms with Crippen LogP contribution < -0.4 is 9.47 Å². The third-order valence-electron chi connectivity index (χ3n) is 5.43. The Hall–Kier alpha value is -2.79. The summed E-state index contributed by atoms with van der Waals surface area (Å²) in [6.45, 7) is 2.47. The summed E-state index contributed by atoms with van der Waals surface area (Å²) in [5, 5.41) is 0. The predicted molar refractivity (Wildman–Crippen MR) is 116 cm³/mol. The quantitative estimate of drug-likeness (QED) is 0.669. The van der Waals surface area contributed by atoms with E-state index in [0.717, 1.165) is 38.0 Å². The second-order valence-corrected chi connectivity index (χ2v) is 7.43. The number of methoxy groups -OCH3 is 2. The zero-order chi connectivity index (χ0) is 20.6. The lowest BCUT2D eigenvalue weighted by atomic mass is 10.0. The van der Waals surface area contributed by atoms with Crippen molar-refractivity contribution < 1.29 is 14.3 Å². The first-order valence-electron chi connectivity index (χ1n) is 10.0. The molecule has 5 nitrogen and oxygen atoms in total. The van der Waals surface area contributed by atoms with Crippen LogP contribution in [0, 0.1) is 0 Å². The Labute approximate surface area is 173 Å². The predicted octanol–water partition coefficient (Wildman–Crippen LogP) is 3.84. The SMILES string of the molecule is COc1ccc(C=CC(=O)N2CCCC(N(C)Cc3ccccc3)C2)cc1OC. The minimum atomic E-state index is 0.0533. The summed E-state index contributed by atoms with van der Waals surface area (Å²) in [6.07, 6.45) is 5.63. The molecule has 0 aromatic heterocycles. The summed E-state index contributed by atoms with van der Waals surface area (Å²) in [4.78, 5) is 17.0. The average molecular weight is 395 g/mol. The van der Waals surface area contributed by atoms with Gasteiger partial charge in [0, 0.05) is 31.8 Å². The highest BCUT2D eigenvalue weighted by Crippen LogP contribution is 2.28. The zero-order valence-corrected chi connectivity index (χ0v) is 17.5. The normalized spacial score (nSPS) is 17.0. The minimum Gasteiger partial charge on any atom is -0.493 e. The van der Waals surface area contributed by atoms with E-state index in [1.54, 1.807) is 20.3 Å². The number of rotatable bonds is 7. The molecule has 2 aromatic rings. The summed E-state index contributed by atoms with van der Waals surface area (Å²) in [5.74, 6) is 1.39. The van der Waals surface area contributed by atoms with Crippen molar-refractivity contribution in [2.75, 3.05) is 34.4 Å². The molecule has 0 radical (unpaired) electrons. The Morgan fingerprint density at radius 2 is 1.90 bits per heavy atom. The van der Waals surface area contributed by atoms with E-state index < -0.39 is 0 Å². The van der Waals surface area contributed by atoms with E-state index in [9.17, 15) is 4.79 Å². The number of hydrogen-bond donors (Lipinski definition) is 0. The highest BCUT2D eigenvalue weighted by Gasteiger charge is 2.25. The molecule has 1 heterocycles. The van der Waals surface area contributed by atoms with Gasteiger partial charge in [0.05, 0.1) is 14.2 Å². The molecule has 154 valence electrons. The number of ether oxygens (including phenoxy) is 2. The molecule has 2 aromatic carbocycles. The van der Waals surface area contributed by atoms with Crippen molar-refractivity contribution in [3.8, 4) is 11.5 Å². The third kappa shape index (κ3) is 5.61. The van der Waals surface area contributed by atoms with E-state index in [4.69, 9.17) is 9.47 Å². The molecule has 29 heavy (non-hydrogen) atoms. The van der Waals surface area contributed by atoms with Gasteiger partial charge >= 0.3 is 0 Å². The van der Waals surface area contributed by atoms with Crippen LogP contribution in [0.2, 0.25) is 0 Å². The molecule has 0 saturated carbocycles. The van der Waals surface area contributed by atoms with Crippen LogP contribution in [0.1, 0.15) is 24.0 Å². The average Bonchev–Trinajstić information content (AvgIpc) is 2.78. The van der Waals surface area contributed by atoms with Gasteiger partial charge in [0.2, 0.25) is 5.91 Å². The first kappa shape index (κ1) is 20.9. The highest BCUT2D eigenvalue weighted by molar-refractivity contribution is 5.92. The third-order valence-corrected chi connectivity index (χ3v) is 5.43. The van der Waals surface area contributed by atoms with Crippen molar-refractivity contribution in [1.82, 2.24) is 9.80 Å². The number of nitrogens with zero attached hydrogens (tertiary/aromatic N) is 2. The summed E-state index contributed by atoms with van der Waals surface area (Å²) in [7, 11) is 5.36. The van der Waals surface area contributed by atoms with Crippen LogP contribution in [0.4, 0.5) is 0 Å². The number of benzene rings is 2. The number of carbonyl (C=O) groups excluding carboxylic acids is 1. The van der Waals surface area contributed by atoms with E-state index in [-0.39, 0.29) is 5.91 Å². The van der Waals surface area contributed by atoms with Gasteiger partial charge in [-0.3, -0.25) is 9.69 Å². The smallest absolute Gasteiger partial charge is 0.246 e. The molecule has 5 heteroatoms. The van der Waals surface area contributed by atoms with E-state index >= 15 is 0 Å². The molecule has 0 N–H and O–H groups in total. The summed E-state index contributed by atoms with van der Waals surface area (Å²) in [5.41, 5.74) is 2.21. The lowest BCUT2D eigenvalue weighted by molar-refractivity contribution is -0.128. The van der Waals surface area contributed by atoms with Crippen LogP contribution >= 0.6 is 0 Å². The summed E-state index contributed by atoms with van der Waals surface area (Å²) < 4.78 is 10.6. The van der Waals surface area contributed by atoms with Gasteiger partial charge < -0.3 is 14.4 Å². The molecule has 1 fully saturated rings. The van der Waals surface area contributed by atoms with Gasteiger partial charge in [-0.1, -0.05) is 36.4 Å². The number of amides is 1. The first-order valence-corrected chi connectivity index (χ1v) is 10.0. The lowest BCUT2D eigenvalue weighted by Gasteiger charge is -2.37. The highest BCUT2D eigenvalue weighted by atomic mass is 16.5. The molecule has 1 amide bonds. The molecule has 0 aliphatic carbocycles. The van der Waals surface area contributed by atoms with Crippen LogP contribution in [0.25, 0.3) is 6.08 Å². The zero-order valence-electron chi connectivity index (χ0n) is 17.5. The van der Waals surface area contributed by atoms with Crippen LogP contribution in [0.3, 0.4) is 0 Å². The molecule has 1 aliphatic rings.